The summed E-state index contributed by atoms with van der Waals surface area (Å²) in [6.45, 7) is 1.81. The molecule has 0 spiro atoms. The van der Waals surface area contributed by atoms with Crippen LogP contribution in [-0.4, -0.2) is 22.8 Å². The van der Waals surface area contributed by atoms with Crippen LogP contribution in [0.15, 0.2) is 47.7 Å². The number of pyridine rings is 1. The van der Waals surface area contributed by atoms with Gasteiger partial charge in [0.2, 0.25) is 0 Å². The largest absolute Gasteiger partial charge is 0.487 e. The number of benzene rings is 2. The second-order valence-electron chi connectivity index (χ2n) is 6.68. The highest BCUT2D eigenvalue weighted by atomic mass is 35.5. The van der Waals surface area contributed by atoms with E-state index >= 15 is 0 Å². The first-order valence-corrected chi connectivity index (χ1v) is 9.45. The molecule has 2 atom stereocenters. The third-order valence-electron chi connectivity index (χ3n) is 4.57. The predicted molar refractivity (Wildman–Crippen MR) is 109 cm³/mol. The van der Waals surface area contributed by atoms with Crippen LogP contribution in [0.2, 0.25) is 5.02 Å². The van der Waals surface area contributed by atoms with E-state index in [0.717, 1.165) is 6.34 Å². The molecule has 0 saturated carbocycles. The SMILES string of the molecule is CC(N)c1cc(F)cc(Cl)c1COc1cccc2c(OC3NN=CN3F)ccnc12. The Kier molecular flexibility index (Phi) is 5.56. The molecule has 2 heterocycles. The van der Waals surface area contributed by atoms with Gasteiger partial charge in [-0.25, -0.2) is 4.39 Å². The first-order chi connectivity index (χ1) is 14.4. The number of fused-ring (bicyclic) bond motifs is 1. The lowest BCUT2D eigenvalue weighted by Crippen LogP contribution is -2.36. The Hall–Kier alpha value is -3.17. The molecule has 1 aliphatic heterocycles. The molecule has 0 aliphatic carbocycles. The van der Waals surface area contributed by atoms with Crippen molar-refractivity contribution in [3.05, 3.63) is 64.6 Å². The number of para-hydroxylation sites is 1. The van der Waals surface area contributed by atoms with Gasteiger partial charge in [0.1, 0.15) is 35.8 Å². The summed E-state index contributed by atoms with van der Waals surface area (Å²) in [4.78, 5) is 4.36. The Balaban J connectivity index is 1.63. The summed E-state index contributed by atoms with van der Waals surface area (Å²) in [7, 11) is 0. The van der Waals surface area contributed by atoms with E-state index in [0.29, 0.717) is 38.7 Å². The fourth-order valence-electron chi connectivity index (χ4n) is 3.14. The molecule has 1 aliphatic rings. The summed E-state index contributed by atoms with van der Waals surface area (Å²) in [5.41, 5.74) is 10.1. The quantitative estimate of drug-likeness (QED) is 0.571. The molecule has 2 unspecified atom stereocenters. The maximum atomic E-state index is 13.7. The van der Waals surface area contributed by atoms with Crippen molar-refractivity contribution in [3.8, 4) is 11.5 Å². The smallest absolute Gasteiger partial charge is 0.293 e. The molecule has 3 N–H and O–H groups in total. The van der Waals surface area contributed by atoms with Gasteiger partial charge in [0.15, 0.2) is 0 Å². The fraction of sp³-hybridized carbons (Fsp3) is 0.200. The van der Waals surface area contributed by atoms with Gasteiger partial charge in [0, 0.05) is 23.2 Å². The molecular formula is C20H18ClF2N5O2. The molecule has 0 radical (unpaired) electrons. The number of rotatable bonds is 6. The number of halogens is 3. The Morgan fingerprint density at radius 1 is 1.30 bits per heavy atom. The molecule has 0 amide bonds. The van der Waals surface area contributed by atoms with Crippen molar-refractivity contribution < 1.29 is 18.3 Å². The third-order valence-corrected chi connectivity index (χ3v) is 4.90. The van der Waals surface area contributed by atoms with E-state index in [4.69, 9.17) is 26.8 Å². The maximum Gasteiger partial charge on any atom is 0.293 e. The molecule has 0 bridgehead atoms. The van der Waals surface area contributed by atoms with Crippen molar-refractivity contribution in [1.29, 1.82) is 0 Å². The number of nitrogens with zero attached hydrogens (tertiary/aromatic N) is 3. The average molecular weight is 434 g/mol. The molecule has 10 heteroatoms. The predicted octanol–water partition coefficient (Wildman–Crippen LogP) is 4.02. The van der Waals surface area contributed by atoms with E-state index in [1.807, 2.05) is 0 Å². The first-order valence-electron chi connectivity index (χ1n) is 9.07. The number of nitrogens with two attached hydrogens (primary N) is 1. The minimum atomic E-state index is -1.08. The molecule has 3 aromatic rings. The zero-order valence-corrected chi connectivity index (χ0v) is 16.6. The summed E-state index contributed by atoms with van der Waals surface area (Å²) in [5, 5.41) is 4.76. The Morgan fingerprint density at radius 2 is 2.13 bits per heavy atom. The van der Waals surface area contributed by atoms with Crippen LogP contribution in [0.3, 0.4) is 0 Å². The van der Waals surface area contributed by atoms with E-state index in [2.05, 4.69) is 15.5 Å². The van der Waals surface area contributed by atoms with Gasteiger partial charge in [-0.05, 0) is 42.8 Å². The van der Waals surface area contributed by atoms with E-state index < -0.39 is 18.2 Å². The van der Waals surface area contributed by atoms with E-state index in [1.165, 1.54) is 18.3 Å². The topological polar surface area (TPSA) is 85.0 Å². The van der Waals surface area contributed by atoms with Crippen molar-refractivity contribution in [1.82, 2.24) is 15.5 Å². The average Bonchev–Trinajstić information content (AvgIpc) is 3.11. The monoisotopic (exact) mass is 433 g/mol. The second kappa shape index (κ2) is 8.29. The lowest BCUT2D eigenvalue weighted by atomic mass is 10.0. The molecule has 30 heavy (non-hydrogen) atoms. The lowest BCUT2D eigenvalue weighted by molar-refractivity contribution is -0.0438. The van der Waals surface area contributed by atoms with Gasteiger partial charge < -0.3 is 15.2 Å². The standard InChI is InChI=1S/C20H18ClF2N5O2/c1-11(24)14-7-12(22)8-16(21)15(14)9-29-18-4-2-3-13-17(5-6-25-19(13)18)30-20-27-26-10-28(20)23/h2-8,10-11,20,27H,9,24H2,1H3. The molecule has 1 aromatic heterocycles. The van der Waals surface area contributed by atoms with Crippen molar-refractivity contribution in [2.24, 2.45) is 10.8 Å². The molecule has 0 fully saturated rings. The summed E-state index contributed by atoms with van der Waals surface area (Å²) < 4.78 is 39.0. The zero-order valence-electron chi connectivity index (χ0n) is 15.8. The highest BCUT2D eigenvalue weighted by molar-refractivity contribution is 6.31. The summed E-state index contributed by atoms with van der Waals surface area (Å²) in [6.07, 6.45) is 1.43. The van der Waals surface area contributed by atoms with Crippen LogP contribution in [0.1, 0.15) is 24.1 Å². The van der Waals surface area contributed by atoms with Crippen LogP contribution >= 0.6 is 11.6 Å². The van der Waals surface area contributed by atoms with Crippen LogP contribution in [0.4, 0.5) is 8.87 Å². The van der Waals surface area contributed by atoms with E-state index in [-0.39, 0.29) is 11.6 Å². The highest BCUT2D eigenvalue weighted by Crippen LogP contribution is 2.33. The minimum Gasteiger partial charge on any atom is -0.487 e. The molecule has 0 saturated heterocycles. The third kappa shape index (κ3) is 3.94. The number of nitrogens with one attached hydrogen (secondary N) is 1. The molecular weight excluding hydrogens is 416 g/mol. The van der Waals surface area contributed by atoms with Crippen molar-refractivity contribution >= 4 is 28.8 Å². The van der Waals surface area contributed by atoms with E-state index in [9.17, 15) is 8.87 Å². The normalized spacial score (nSPS) is 16.6. The summed E-state index contributed by atoms with van der Waals surface area (Å²) in [5.74, 6) is 0.393. The number of aromatic nitrogens is 1. The van der Waals surface area contributed by atoms with Crippen LogP contribution in [0.25, 0.3) is 10.9 Å². The highest BCUT2D eigenvalue weighted by Gasteiger charge is 2.23. The molecule has 2 aromatic carbocycles. The van der Waals surface area contributed by atoms with Gasteiger partial charge in [-0.2, -0.15) is 5.10 Å². The van der Waals surface area contributed by atoms with E-state index in [1.54, 1.807) is 31.2 Å². The van der Waals surface area contributed by atoms with Gasteiger partial charge in [-0.3, -0.25) is 10.4 Å². The second-order valence-corrected chi connectivity index (χ2v) is 7.09. The number of ether oxygens (including phenoxy) is 2. The summed E-state index contributed by atoms with van der Waals surface area (Å²) >= 11 is 6.23. The van der Waals surface area contributed by atoms with Gasteiger partial charge >= 0.3 is 0 Å². The van der Waals surface area contributed by atoms with Crippen LogP contribution < -0.4 is 20.6 Å². The van der Waals surface area contributed by atoms with Crippen LogP contribution in [-0.2, 0) is 6.61 Å². The van der Waals surface area contributed by atoms with Gasteiger partial charge in [0.25, 0.3) is 6.35 Å². The number of hydrogen-bond acceptors (Lipinski definition) is 7. The molecule has 7 nitrogen and oxygen atoms in total. The van der Waals surface area contributed by atoms with Gasteiger partial charge in [-0.1, -0.05) is 22.1 Å². The molecule has 4 rings (SSSR count). The van der Waals surface area contributed by atoms with Crippen molar-refractivity contribution in [3.63, 3.8) is 0 Å². The zero-order chi connectivity index (χ0) is 21.3. The lowest BCUT2D eigenvalue weighted by Gasteiger charge is -2.19. The Labute approximate surface area is 176 Å². The van der Waals surface area contributed by atoms with Crippen LogP contribution in [0.5, 0.6) is 11.5 Å². The number of hydrogen-bond donors (Lipinski definition) is 2. The van der Waals surface area contributed by atoms with Gasteiger partial charge in [0.05, 0.1) is 5.02 Å². The Bertz CT molecular complexity index is 1110. The fourth-order valence-corrected chi connectivity index (χ4v) is 3.41. The number of hydrazone groups is 1. The maximum absolute atomic E-state index is 13.7. The minimum absolute atomic E-state index is 0.0676. The summed E-state index contributed by atoms with van der Waals surface area (Å²) in [6, 6.07) is 9.04. The first kappa shape index (κ1) is 20.1. The van der Waals surface area contributed by atoms with Gasteiger partial charge in [-0.15, -0.1) is 5.12 Å². The van der Waals surface area contributed by atoms with Crippen molar-refractivity contribution in [2.75, 3.05) is 0 Å². The Morgan fingerprint density at radius 3 is 2.87 bits per heavy atom. The van der Waals surface area contributed by atoms with Crippen LogP contribution in [0, 0.1) is 5.82 Å². The molecule has 156 valence electrons. The van der Waals surface area contributed by atoms with Crippen molar-refractivity contribution in [2.45, 2.75) is 25.9 Å².